The fourth-order valence-corrected chi connectivity index (χ4v) is 1.98. The van der Waals surface area contributed by atoms with Crippen LogP contribution in [0.1, 0.15) is 24.4 Å². The number of hydrogen-bond donors (Lipinski definition) is 2. The highest BCUT2D eigenvalue weighted by atomic mass is 19.1. The van der Waals surface area contributed by atoms with Crippen molar-refractivity contribution < 1.29 is 4.39 Å². The van der Waals surface area contributed by atoms with Crippen molar-refractivity contribution in [1.82, 2.24) is 5.32 Å². The Labute approximate surface area is 83.3 Å². The normalized spacial score (nSPS) is 27.6. The summed E-state index contributed by atoms with van der Waals surface area (Å²) >= 11 is 0. The van der Waals surface area contributed by atoms with E-state index in [9.17, 15) is 4.39 Å². The molecule has 0 aromatic heterocycles. The van der Waals surface area contributed by atoms with Crippen LogP contribution >= 0.6 is 0 Å². The molecule has 2 nitrogen and oxygen atoms in total. The number of benzene rings is 1. The van der Waals surface area contributed by atoms with Crippen LogP contribution in [0.3, 0.4) is 0 Å². The van der Waals surface area contributed by atoms with E-state index >= 15 is 0 Å². The molecule has 0 saturated carbocycles. The van der Waals surface area contributed by atoms with Gasteiger partial charge in [0.1, 0.15) is 5.82 Å². The van der Waals surface area contributed by atoms with Crippen molar-refractivity contribution in [2.75, 3.05) is 6.54 Å². The van der Waals surface area contributed by atoms with Gasteiger partial charge in [-0.15, -0.1) is 0 Å². The molecule has 0 aliphatic carbocycles. The SMILES string of the molecule is NC1CCCNC1c1cccc(F)c1. The van der Waals surface area contributed by atoms with Crippen LogP contribution in [0.4, 0.5) is 4.39 Å². The smallest absolute Gasteiger partial charge is 0.123 e. The highest BCUT2D eigenvalue weighted by Crippen LogP contribution is 2.22. The number of nitrogens with one attached hydrogen (secondary N) is 1. The monoisotopic (exact) mass is 194 g/mol. The number of piperidine rings is 1. The summed E-state index contributed by atoms with van der Waals surface area (Å²) in [4.78, 5) is 0. The molecule has 0 bridgehead atoms. The average molecular weight is 194 g/mol. The van der Waals surface area contributed by atoms with Gasteiger partial charge < -0.3 is 11.1 Å². The molecule has 1 aromatic rings. The van der Waals surface area contributed by atoms with Crippen LogP contribution < -0.4 is 11.1 Å². The van der Waals surface area contributed by atoms with Crippen molar-refractivity contribution in [3.8, 4) is 0 Å². The first-order valence-electron chi connectivity index (χ1n) is 5.02. The lowest BCUT2D eigenvalue weighted by Gasteiger charge is -2.30. The van der Waals surface area contributed by atoms with Gasteiger partial charge >= 0.3 is 0 Å². The highest BCUT2D eigenvalue weighted by molar-refractivity contribution is 5.22. The third-order valence-electron chi connectivity index (χ3n) is 2.71. The number of nitrogens with two attached hydrogens (primary N) is 1. The maximum absolute atomic E-state index is 13.0. The van der Waals surface area contributed by atoms with Gasteiger partial charge in [0.05, 0.1) is 0 Å². The quantitative estimate of drug-likeness (QED) is 0.712. The average Bonchev–Trinajstić information content (AvgIpc) is 2.18. The molecule has 1 fully saturated rings. The molecule has 2 rings (SSSR count). The first-order valence-corrected chi connectivity index (χ1v) is 5.02. The Morgan fingerprint density at radius 1 is 1.43 bits per heavy atom. The van der Waals surface area contributed by atoms with E-state index in [1.807, 2.05) is 6.07 Å². The minimum absolute atomic E-state index is 0.102. The molecule has 1 aromatic carbocycles. The Morgan fingerprint density at radius 3 is 3.00 bits per heavy atom. The first-order chi connectivity index (χ1) is 6.77. The zero-order valence-electron chi connectivity index (χ0n) is 8.04. The van der Waals surface area contributed by atoms with Crippen molar-refractivity contribution >= 4 is 0 Å². The van der Waals surface area contributed by atoms with Gasteiger partial charge in [0.15, 0.2) is 0 Å². The third-order valence-corrected chi connectivity index (χ3v) is 2.71. The predicted molar refractivity (Wildman–Crippen MR) is 54.4 cm³/mol. The van der Waals surface area contributed by atoms with Crippen molar-refractivity contribution in [3.05, 3.63) is 35.6 Å². The summed E-state index contributed by atoms with van der Waals surface area (Å²) in [5.41, 5.74) is 6.93. The molecule has 0 amide bonds. The molecule has 14 heavy (non-hydrogen) atoms. The lowest BCUT2D eigenvalue weighted by Crippen LogP contribution is -2.42. The number of halogens is 1. The topological polar surface area (TPSA) is 38.0 Å². The van der Waals surface area contributed by atoms with Gasteiger partial charge in [-0.05, 0) is 37.1 Å². The van der Waals surface area contributed by atoms with Gasteiger partial charge in [0.25, 0.3) is 0 Å². The Balaban J connectivity index is 2.20. The molecule has 1 aliphatic heterocycles. The zero-order chi connectivity index (χ0) is 9.97. The third kappa shape index (κ3) is 1.94. The largest absolute Gasteiger partial charge is 0.326 e. The predicted octanol–water partition coefficient (Wildman–Crippen LogP) is 1.58. The Kier molecular flexibility index (Phi) is 2.79. The second kappa shape index (κ2) is 4.07. The van der Waals surface area contributed by atoms with Gasteiger partial charge in [-0.3, -0.25) is 0 Å². The van der Waals surface area contributed by atoms with Gasteiger partial charge in [0, 0.05) is 12.1 Å². The summed E-state index contributed by atoms with van der Waals surface area (Å²) in [6.45, 7) is 0.967. The maximum Gasteiger partial charge on any atom is 0.123 e. The maximum atomic E-state index is 13.0. The summed E-state index contributed by atoms with van der Waals surface area (Å²) in [6, 6.07) is 6.88. The van der Waals surface area contributed by atoms with Crippen LogP contribution in [0.25, 0.3) is 0 Å². The van der Waals surface area contributed by atoms with Crippen molar-refractivity contribution in [1.29, 1.82) is 0 Å². The molecule has 0 spiro atoms. The number of rotatable bonds is 1. The summed E-state index contributed by atoms with van der Waals surface area (Å²) in [5.74, 6) is -0.193. The molecular formula is C11H15FN2. The molecule has 1 heterocycles. The van der Waals surface area contributed by atoms with Crippen molar-refractivity contribution in [3.63, 3.8) is 0 Å². The first kappa shape index (κ1) is 9.62. The van der Waals surface area contributed by atoms with Crippen molar-refractivity contribution in [2.24, 2.45) is 5.73 Å². The van der Waals surface area contributed by atoms with Crippen molar-refractivity contribution in [2.45, 2.75) is 24.9 Å². The van der Waals surface area contributed by atoms with E-state index in [2.05, 4.69) is 5.32 Å². The van der Waals surface area contributed by atoms with Crippen LogP contribution in [0.15, 0.2) is 24.3 Å². The molecule has 2 atom stereocenters. The second-order valence-electron chi connectivity index (χ2n) is 3.79. The molecule has 1 aliphatic rings. The molecule has 2 unspecified atom stereocenters. The second-order valence-corrected chi connectivity index (χ2v) is 3.79. The summed E-state index contributed by atoms with van der Waals surface area (Å²) < 4.78 is 13.0. The highest BCUT2D eigenvalue weighted by Gasteiger charge is 2.22. The van der Waals surface area contributed by atoms with Crippen LogP contribution in [0.2, 0.25) is 0 Å². The van der Waals surface area contributed by atoms with E-state index in [4.69, 9.17) is 5.73 Å². The molecule has 1 saturated heterocycles. The fraction of sp³-hybridized carbons (Fsp3) is 0.455. The number of hydrogen-bond acceptors (Lipinski definition) is 2. The van der Waals surface area contributed by atoms with Gasteiger partial charge in [-0.1, -0.05) is 12.1 Å². The molecule has 3 N–H and O–H groups in total. The van der Waals surface area contributed by atoms with E-state index in [0.717, 1.165) is 24.9 Å². The zero-order valence-corrected chi connectivity index (χ0v) is 8.04. The van der Waals surface area contributed by atoms with E-state index < -0.39 is 0 Å². The standard InChI is InChI=1S/C11H15FN2/c12-9-4-1-3-8(7-9)11-10(13)5-2-6-14-11/h1,3-4,7,10-11,14H,2,5-6,13H2. The minimum atomic E-state index is -0.193. The van der Waals surface area contributed by atoms with Crippen LogP contribution in [-0.4, -0.2) is 12.6 Å². The van der Waals surface area contributed by atoms with E-state index in [1.165, 1.54) is 6.07 Å². The van der Waals surface area contributed by atoms with E-state index in [1.54, 1.807) is 12.1 Å². The Hall–Kier alpha value is -0.930. The van der Waals surface area contributed by atoms with E-state index in [0.29, 0.717) is 0 Å². The lowest BCUT2D eigenvalue weighted by atomic mass is 9.93. The summed E-state index contributed by atoms with van der Waals surface area (Å²) in [5, 5.41) is 3.32. The molecule has 76 valence electrons. The Morgan fingerprint density at radius 2 is 2.29 bits per heavy atom. The lowest BCUT2D eigenvalue weighted by molar-refractivity contribution is 0.357. The fourth-order valence-electron chi connectivity index (χ4n) is 1.98. The Bertz CT molecular complexity index is 314. The summed E-state index contributed by atoms with van der Waals surface area (Å²) in [6.07, 6.45) is 2.11. The minimum Gasteiger partial charge on any atom is -0.326 e. The van der Waals surface area contributed by atoms with Gasteiger partial charge in [0.2, 0.25) is 0 Å². The molecular weight excluding hydrogens is 179 g/mol. The van der Waals surface area contributed by atoms with Crippen LogP contribution in [0, 0.1) is 5.82 Å². The molecule has 0 radical (unpaired) electrons. The molecule has 3 heteroatoms. The van der Waals surface area contributed by atoms with Gasteiger partial charge in [-0.2, -0.15) is 0 Å². The van der Waals surface area contributed by atoms with Crippen LogP contribution in [-0.2, 0) is 0 Å². The summed E-state index contributed by atoms with van der Waals surface area (Å²) in [7, 11) is 0. The van der Waals surface area contributed by atoms with Gasteiger partial charge in [-0.25, -0.2) is 4.39 Å². The van der Waals surface area contributed by atoms with E-state index in [-0.39, 0.29) is 17.9 Å². The van der Waals surface area contributed by atoms with Crippen LogP contribution in [0.5, 0.6) is 0 Å².